The first kappa shape index (κ1) is 17.5. The van der Waals surface area contributed by atoms with Crippen LogP contribution in [0.5, 0.6) is 0 Å². The van der Waals surface area contributed by atoms with E-state index >= 15 is 0 Å². The zero-order valence-electron chi connectivity index (χ0n) is 14.8. The number of nitrogens with two attached hydrogens (primary N) is 1. The Morgan fingerprint density at radius 3 is 2.72 bits per heavy atom. The molecule has 132 valence electrons. The number of rotatable bonds is 5. The van der Waals surface area contributed by atoms with Gasteiger partial charge in [0.05, 0.1) is 5.92 Å². The van der Waals surface area contributed by atoms with Crippen molar-refractivity contribution in [3.05, 3.63) is 48.0 Å². The van der Waals surface area contributed by atoms with Gasteiger partial charge in [-0.3, -0.25) is 9.59 Å². The number of primary amides is 1. The molecule has 1 aliphatic rings. The Hall–Kier alpha value is -2.36. The van der Waals surface area contributed by atoms with Crippen LogP contribution in [0.2, 0.25) is 0 Å². The summed E-state index contributed by atoms with van der Waals surface area (Å²) in [6, 6.07) is 14.5. The molecule has 0 aliphatic carbocycles. The van der Waals surface area contributed by atoms with Gasteiger partial charge in [-0.1, -0.05) is 42.5 Å². The van der Waals surface area contributed by atoms with Gasteiger partial charge in [0.15, 0.2) is 0 Å². The third kappa shape index (κ3) is 4.19. The van der Waals surface area contributed by atoms with E-state index in [4.69, 9.17) is 5.73 Å². The molecule has 3 rings (SSSR count). The van der Waals surface area contributed by atoms with Gasteiger partial charge in [0.2, 0.25) is 11.8 Å². The number of carbonyl (C=O) groups is 2. The fraction of sp³-hybridized carbons (Fsp3) is 0.429. The van der Waals surface area contributed by atoms with Crippen molar-refractivity contribution in [3.63, 3.8) is 0 Å². The summed E-state index contributed by atoms with van der Waals surface area (Å²) in [5.74, 6) is 0.153. The van der Waals surface area contributed by atoms with Crippen LogP contribution in [0.15, 0.2) is 42.5 Å². The average Bonchev–Trinajstić information content (AvgIpc) is 2.65. The molecule has 0 saturated carbocycles. The number of amides is 2. The topological polar surface area (TPSA) is 63.4 Å². The normalized spacial score (nSPS) is 18.9. The molecule has 4 heteroatoms. The van der Waals surface area contributed by atoms with Crippen LogP contribution in [-0.4, -0.2) is 29.8 Å². The minimum absolute atomic E-state index is 0.153. The molecular formula is C21H26N2O2. The first-order chi connectivity index (χ1) is 12.0. The summed E-state index contributed by atoms with van der Waals surface area (Å²) < 4.78 is 0. The lowest BCUT2D eigenvalue weighted by atomic mass is 9.91. The molecule has 1 fully saturated rings. The van der Waals surface area contributed by atoms with Gasteiger partial charge in [-0.25, -0.2) is 0 Å². The molecule has 1 aliphatic heterocycles. The number of nitrogens with zero attached hydrogens (tertiary/aromatic N) is 1. The van der Waals surface area contributed by atoms with Crippen molar-refractivity contribution < 1.29 is 9.59 Å². The summed E-state index contributed by atoms with van der Waals surface area (Å²) in [4.78, 5) is 25.9. The first-order valence-electron chi connectivity index (χ1n) is 9.10. The van der Waals surface area contributed by atoms with Gasteiger partial charge in [-0.2, -0.15) is 0 Å². The SMILES string of the molecule is C[C@H](C(=O)N1CCC[C@H](CCC(N)=O)C1)c1ccc2ccccc2c1. The van der Waals surface area contributed by atoms with E-state index in [-0.39, 0.29) is 17.7 Å². The fourth-order valence-corrected chi connectivity index (χ4v) is 3.74. The average molecular weight is 338 g/mol. The van der Waals surface area contributed by atoms with Crippen molar-refractivity contribution in [2.45, 2.75) is 38.5 Å². The van der Waals surface area contributed by atoms with E-state index in [9.17, 15) is 9.59 Å². The second-order valence-electron chi connectivity index (χ2n) is 7.13. The van der Waals surface area contributed by atoms with Crippen LogP contribution < -0.4 is 5.73 Å². The van der Waals surface area contributed by atoms with Gasteiger partial charge in [-0.05, 0) is 48.4 Å². The van der Waals surface area contributed by atoms with Crippen LogP contribution in [-0.2, 0) is 9.59 Å². The molecule has 2 amide bonds. The Morgan fingerprint density at radius 1 is 1.20 bits per heavy atom. The van der Waals surface area contributed by atoms with E-state index in [1.54, 1.807) is 0 Å². The Balaban J connectivity index is 1.69. The summed E-state index contributed by atoms with van der Waals surface area (Å²) in [5.41, 5.74) is 6.31. The van der Waals surface area contributed by atoms with E-state index < -0.39 is 0 Å². The summed E-state index contributed by atoms with van der Waals surface area (Å²) in [6.07, 6.45) is 3.26. The highest BCUT2D eigenvalue weighted by molar-refractivity contribution is 5.87. The van der Waals surface area contributed by atoms with Crippen LogP contribution >= 0.6 is 0 Å². The maximum Gasteiger partial charge on any atom is 0.229 e. The fourth-order valence-electron chi connectivity index (χ4n) is 3.74. The van der Waals surface area contributed by atoms with Gasteiger partial charge in [0.1, 0.15) is 0 Å². The maximum absolute atomic E-state index is 13.0. The number of carbonyl (C=O) groups excluding carboxylic acids is 2. The van der Waals surface area contributed by atoms with Crippen LogP contribution in [0, 0.1) is 5.92 Å². The number of benzene rings is 2. The number of piperidine rings is 1. The van der Waals surface area contributed by atoms with E-state index in [2.05, 4.69) is 30.3 Å². The molecule has 0 bridgehead atoms. The minimum atomic E-state index is -0.256. The van der Waals surface area contributed by atoms with E-state index in [0.717, 1.165) is 43.3 Å². The van der Waals surface area contributed by atoms with Gasteiger partial charge in [0.25, 0.3) is 0 Å². The van der Waals surface area contributed by atoms with E-state index in [1.165, 1.54) is 5.39 Å². The zero-order valence-corrected chi connectivity index (χ0v) is 14.8. The third-order valence-electron chi connectivity index (χ3n) is 5.27. The lowest BCUT2D eigenvalue weighted by molar-refractivity contribution is -0.134. The molecule has 1 heterocycles. The summed E-state index contributed by atoms with van der Waals surface area (Å²) in [6.45, 7) is 3.54. The van der Waals surface area contributed by atoms with E-state index in [0.29, 0.717) is 12.3 Å². The van der Waals surface area contributed by atoms with Crippen molar-refractivity contribution in [3.8, 4) is 0 Å². The summed E-state index contributed by atoms with van der Waals surface area (Å²) in [5, 5.41) is 2.35. The molecule has 2 N–H and O–H groups in total. The molecule has 25 heavy (non-hydrogen) atoms. The van der Waals surface area contributed by atoms with Gasteiger partial charge >= 0.3 is 0 Å². The highest BCUT2D eigenvalue weighted by Crippen LogP contribution is 2.27. The Bertz CT molecular complexity index is 771. The minimum Gasteiger partial charge on any atom is -0.370 e. The number of hydrogen-bond donors (Lipinski definition) is 1. The molecule has 2 aromatic carbocycles. The molecule has 1 saturated heterocycles. The Kier molecular flexibility index (Phi) is 5.37. The number of fused-ring (bicyclic) bond motifs is 1. The highest BCUT2D eigenvalue weighted by Gasteiger charge is 2.27. The van der Waals surface area contributed by atoms with E-state index in [1.807, 2.05) is 24.0 Å². The predicted octanol–water partition coefficient (Wildman–Crippen LogP) is 3.45. The second kappa shape index (κ2) is 7.68. The standard InChI is InChI=1S/C21H26N2O2/c1-15(18-10-9-17-6-2-3-7-19(17)13-18)21(25)23-12-4-5-16(14-23)8-11-20(22)24/h2-3,6-7,9-10,13,15-16H,4-5,8,11-12,14H2,1H3,(H2,22,24)/t15-,16+/m0/s1. The smallest absolute Gasteiger partial charge is 0.229 e. The van der Waals surface area contributed by atoms with Crippen molar-refractivity contribution in [2.24, 2.45) is 11.7 Å². The van der Waals surface area contributed by atoms with Crippen LogP contribution in [0.3, 0.4) is 0 Å². The van der Waals surface area contributed by atoms with Crippen LogP contribution in [0.4, 0.5) is 0 Å². The molecule has 0 radical (unpaired) electrons. The third-order valence-corrected chi connectivity index (χ3v) is 5.27. The van der Waals surface area contributed by atoms with Gasteiger partial charge < -0.3 is 10.6 Å². The summed E-state index contributed by atoms with van der Waals surface area (Å²) >= 11 is 0. The van der Waals surface area contributed by atoms with Crippen molar-refractivity contribution in [1.82, 2.24) is 4.90 Å². The molecular weight excluding hydrogens is 312 g/mol. The number of likely N-dealkylation sites (tertiary alicyclic amines) is 1. The molecule has 0 unspecified atom stereocenters. The maximum atomic E-state index is 13.0. The molecule has 4 nitrogen and oxygen atoms in total. The number of hydrogen-bond acceptors (Lipinski definition) is 2. The Morgan fingerprint density at radius 2 is 1.96 bits per heavy atom. The van der Waals surface area contributed by atoms with Crippen LogP contribution in [0.1, 0.15) is 44.1 Å². The molecule has 2 aromatic rings. The van der Waals surface area contributed by atoms with Crippen molar-refractivity contribution in [1.29, 1.82) is 0 Å². The first-order valence-corrected chi connectivity index (χ1v) is 9.10. The van der Waals surface area contributed by atoms with Crippen molar-refractivity contribution in [2.75, 3.05) is 13.1 Å². The summed E-state index contributed by atoms with van der Waals surface area (Å²) in [7, 11) is 0. The van der Waals surface area contributed by atoms with Gasteiger partial charge in [-0.15, -0.1) is 0 Å². The monoisotopic (exact) mass is 338 g/mol. The second-order valence-corrected chi connectivity index (χ2v) is 7.13. The van der Waals surface area contributed by atoms with Gasteiger partial charge in [0, 0.05) is 19.5 Å². The lowest BCUT2D eigenvalue weighted by Gasteiger charge is -2.34. The molecule has 0 spiro atoms. The zero-order chi connectivity index (χ0) is 17.8. The quantitative estimate of drug-likeness (QED) is 0.907. The lowest BCUT2D eigenvalue weighted by Crippen LogP contribution is -2.42. The van der Waals surface area contributed by atoms with Crippen molar-refractivity contribution >= 4 is 22.6 Å². The molecule has 0 aromatic heterocycles. The molecule has 2 atom stereocenters. The Labute approximate surface area is 149 Å². The largest absolute Gasteiger partial charge is 0.370 e. The van der Waals surface area contributed by atoms with Crippen LogP contribution in [0.25, 0.3) is 10.8 Å². The predicted molar refractivity (Wildman–Crippen MR) is 100 cm³/mol. The highest BCUT2D eigenvalue weighted by atomic mass is 16.2.